The van der Waals surface area contributed by atoms with Crippen molar-refractivity contribution in [2.24, 2.45) is 5.10 Å². The number of nitrogens with one attached hydrogen (secondary N) is 2. The predicted octanol–water partition coefficient (Wildman–Crippen LogP) is 2.84. The molecule has 124 valence electrons. The lowest BCUT2D eigenvalue weighted by Gasteiger charge is -2.05. The molecule has 0 atom stereocenters. The van der Waals surface area contributed by atoms with Crippen LogP contribution in [-0.2, 0) is 4.79 Å². The molecule has 0 aliphatic rings. The number of hydrazone groups is 1. The summed E-state index contributed by atoms with van der Waals surface area (Å²) in [6.07, 6.45) is 1.57. The van der Waals surface area contributed by atoms with E-state index in [0.29, 0.717) is 10.6 Å². The molecule has 2 aromatic carbocycles. The van der Waals surface area contributed by atoms with Crippen molar-refractivity contribution in [1.82, 2.24) is 10.7 Å². The highest BCUT2D eigenvalue weighted by Crippen LogP contribution is 2.10. The van der Waals surface area contributed by atoms with Gasteiger partial charge in [-0.05, 0) is 43.2 Å². The topological polar surface area (TPSA) is 70.6 Å². The van der Waals surface area contributed by atoms with Crippen LogP contribution in [0.25, 0.3) is 0 Å². The van der Waals surface area contributed by atoms with Crippen LogP contribution in [0, 0.1) is 13.8 Å². The molecule has 0 aliphatic heterocycles. The summed E-state index contributed by atoms with van der Waals surface area (Å²) in [5, 5.41) is 6.87. The highest BCUT2D eigenvalue weighted by molar-refractivity contribution is 6.30. The molecule has 5 nitrogen and oxygen atoms in total. The van der Waals surface area contributed by atoms with E-state index < -0.39 is 5.91 Å². The zero-order valence-electron chi connectivity index (χ0n) is 13.5. The van der Waals surface area contributed by atoms with E-state index in [1.54, 1.807) is 24.4 Å². The largest absolute Gasteiger partial charge is 0.343 e. The normalized spacial score (nSPS) is 10.6. The lowest BCUT2D eigenvalue weighted by molar-refractivity contribution is -0.120. The molecule has 2 N–H and O–H groups in total. The molecule has 24 heavy (non-hydrogen) atoms. The van der Waals surface area contributed by atoms with Crippen molar-refractivity contribution in [2.75, 3.05) is 6.54 Å². The first kappa shape index (κ1) is 17.7. The minimum absolute atomic E-state index is 0.171. The Morgan fingerprint density at radius 1 is 1.17 bits per heavy atom. The zero-order chi connectivity index (χ0) is 17.5. The second-order valence-corrected chi connectivity index (χ2v) is 5.78. The first-order valence-corrected chi connectivity index (χ1v) is 7.76. The first-order chi connectivity index (χ1) is 11.5. The Morgan fingerprint density at radius 3 is 2.67 bits per heavy atom. The van der Waals surface area contributed by atoms with Gasteiger partial charge in [-0.2, -0.15) is 5.10 Å². The molecule has 0 saturated heterocycles. The number of carbonyl (C=O) groups excluding carboxylic acids is 2. The molecule has 0 saturated carbocycles. The standard InChI is InChI=1S/C18H18ClN3O2/c1-12-6-7-15(13(2)8-12)10-21-22-17(23)11-20-18(24)14-4-3-5-16(19)9-14/h3-10H,11H2,1-2H3,(H,20,24)(H,22,23)/b21-10+. The monoisotopic (exact) mass is 343 g/mol. The van der Waals surface area contributed by atoms with Gasteiger partial charge >= 0.3 is 0 Å². The fourth-order valence-corrected chi connectivity index (χ4v) is 2.27. The third-order valence-corrected chi connectivity index (χ3v) is 3.55. The Hall–Kier alpha value is -2.66. The molecule has 0 fully saturated rings. The van der Waals surface area contributed by atoms with Gasteiger partial charge in [-0.25, -0.2) is 5.43 Å². The smallest absolute Gasteiger partial charge is 0.259 e. The lowest BCUT2D eigenvalue weighted by Crippen LogP contribution is -2.34. The van der Waals surface area contributed by atoms with Crippen molar-refractivity contribution in [3.05, 3.63) is 69.7 Å². The molecule has 2 rings (SSSR count). The number of hydrogen-bond donors (Lipinski definition) is 2. The Bertz CT molecular complexity index is 788. The summed E-state index contributed by atoms with van der Waals surface area (Å²) in [5.74, 6) is -0.780. The third kappa shape index (κ3) is 5.21. The first-order valence-electron chi connectivity index (χ1n) is 7.38. The van der Waals surface area contributed by atoms with E-state index in [-0.39, 0.29) is 12.5 Å². The van der Waals surface area contributed by atoms with Crippen LogP contribution in [0.4, 0.5) is 0 Å². The minimum atomic E-state index is -0.411. The van der Waals surface area contributed by atoms with Gasteiger partial charge in [0, 0.05) is 10.6 Å². The Balaban J connectivity index is 1.83. The summed E-state index contributed by atoms with van der Waals surface area (Å²) in [6, 6.07) is 12.4. The van der Waals surface area contributed by atoms with Crippen molar-refractivity contribution in [3.63, 3.8) is 0 Å². The van der Waals surface area contributed by atoms with E-state index in [9.17, 15) is 9.59 Å². The van der Waals surface area contributed by atoms with Crippen LogP contribution < -0.4 is 10.7 Å². The van der Waals surface area contributed by atoms with Gasteiger partial charge < -0.3 is 5.32 Å². The van der Waals surface area contributed by atoms with Crippen molar-refractivity contribution < 1.29 is 9.59 Å². The molecule has 0 spiro atoms. The quantitative estimate of drug-likeness (QED) is 0.647. The van der Waals surface area contributed by atoms with Crippen molar-refractivity contribution >= 4 is 29.6 Å². The molecular weight excluding hydrogens is 326 g/mol. The van der Waals surface area contributed by atoms with Crippen LogP contribution in [0.5, 0.6) is 0 Å². The van der Waals surface area contributed by atoms with Crippen LogP contribution in [-0.4, -0.2) is 24.6 Å². The maximum absolute atomic E-state index is 11.9. The second kappa shape index (κ2) is 8.26. The number of carbonyl (C=O) groups is 2. The number of benzene rings is 2. The minimum Gasteiger partial charge on any atom is -0.343 e. The lowest BCUT2D eigenvalue weighted by atomic mass is 10.1. The van der Waals surface area contributed by atoms with E-state index in [1.165, 1.54) is 6.07 Å². The Labute approximate surface area is 145 Å². The SMILES string of the molecule is Cc1ccc(/C=N/NC(=O)CNC(=O)c2cccc(Cl)c2)c(C)c1. The summed E-state index contributed by atoms with van der Waals surface area (Å²) < 4.78 is 0. The fraction of sp³-hybridized carbons (Fsp3) is 0.167. The van der Waals surface area contributed by atoms with Crippen LogP contribution >= 0.6 is 11.6 Å². The Kier molecular flexibility index (Phi) is 6.09. The second-order valence-electron chi connectivity index (χ2n) is 5.35. The third-order valence-electron chi connectivity index (χ3n) is 3.31. The summed E-state index contributed by atoms with van der Waals surface area (Å²) in [7, 11) is 0. The fourth-order valence-electron chi connectivity index (χ4n) is 2.08. The molecule has 2 aromatic rings. The summed E-state index contributed by atoms with van der Waals surface area (Å²) in [6.45, 7) is 3.81. The number of hydrogen-bond acceptors (Lipinski definition) is 3. The van der Waals surface area contributed by atoms with Gasteiger partial charge in [0.1, 0.15) is 0 Å². The number of rotatable bonds is 5. The number of halogens is 1. The molecule has 0 radical (unpaired) electrons. The number of nitrogens with zero attached hydrogens (tertiary/aromatic N) is 1. The van der Waals surface area contributed by atoms with Crippen molar-refractivity contribution in [1.29, 1.82) is 0 Å². The van der Waals surface area contributed by atoms with E-state index >= 15 is 0 Å². The van der Waals surface area contributed by atoms with E-state index in [2.05, 4.69) is 15.8 Å². The molecule has 0 bridgehead atoms. The van der Waals surface area contributed by atoms with Gasteiger partial charge in [0.05, 0.1) is 12.8 Å². The van der Waals surface area contributed by atoms with Crippen LogP contribution in [0.15, 0.2) is 47.6 Å². The molecule has 0 heterocycles. The van der Waals surface area contributed by atoms with E-state index in [1.807, 2.05) is 32.0 Å². The van der Waals surface area contributed by atoms with Crippen LogP contribution in [0.1, 0.15) is 27.0 Å². The van der Waals surface area contributed by atoms with E-state index in [4.69, 9.17) is 11.6 Å². The van der Waals surface area contributed by atoms with Crippen LogP contribution in [0.2, 0.25) is 5.02 Å². The maximum Gasteiger partial charge on any atom is 0.259 e. The Morgan fingerprint density at radius 2 is 1.96 bits per heavy atom. The number of amides is 2. The molecular formula is C18H18ClN3O2. The van der Waals surface area contributed by atoms with E-state index in [0.717, 1.165) is 16.7 Å². The average Bonchev–Trinajstić information content (AvgIpc) is 2.54. The van der Waals surface area contributed by atoms with Gasteiger partial charge in [-0.15, -0.1) is 0 Å². The molecule has 0 aliphatic carbocycles. The maximum atomic E-state index is 11.9. The number of aryl methyl sites for hydroxylation is 2. The van der Waals surface area contributed by atoms with Crippen LogP contribution in [0.3, 0.4) is 0 Å². The van der Waals surface area contributed by atoms with Crippen molar-refractivity contribution in [2.45, 2.75) is 13.8 Å². The van der Waals surface area contributed by atoms with Gasteiger partial charge in [-0.1, -0.05) is 41.4 Å². The van der Waals surface area contributed by atoms with Gasteiger partial charge in [0.25, 0.3) is 11.8 Å². The molecule has 0 unspecified atom stereocenters. The van der Waals surface area contributed by atoms with Gasteiger partial charge in [-0.3, -0.25) is 9.59 Å². The average molecular weight is 344 g/mol. The summed E-state index contributed by atoms with van der Waals surface area (Å²) in [5.41, 5.74) is 5.93. The molecule has 0 aromatic heterocycles. The van der Waals surface area contributed by atoms with Gasteiger partial charge in [0.15, 0.2) is 0 Å². The zero-order valence-corrected chi connectivity index (χ0v) is 14.2. The summed E-state index contributed by atoms with van der Waals surface area (Å²) in [4.78, 5) is 23.6. The van der Waals surface area contributed by atoms with Gasteiger partial charge in [0.2, 0.25) is 0 Å². The molecule has 6 heteroatoms. The molecule has 2 amide bonds. The predicted molar refractivity (Wildman–Crippen MR) is 95.4 cm³/mol. The van der Waals surface area contributed by atoms with Crippen molar-refractivity contribution in [3.8, 4) is 0 Å². The highest BCUT2D eigenvalue weighted by Gasteiger charge is 2.07. The highest BCUT2D eigenvalue weighted by atomic mass is 35.5. The summed E-state index contributed by atoms with van der Waals surface area (Å²) >= 11 is 5.82.